The van der Waals surface area contributed by atoms with Crippen molar-refractivity contribution in [3.63, 3.8) is 0 Å². The number of fused-ring (bicyclic) bond motifs is 1. The second kappa shape index (κ2) is 7.71. The third-order valence-corrected chi connectivity index (χ3v) is 5.40. The van der Waals surface area contributed by atoms with Crippen LogP contribution in [0.5, 0.6) is 0 Å². The Morgan fingerprint density at radius 2 is 2.03 bits per heavy atom. The van der Waals surface area contributed by atoms with Crippen LogP contribution in [0.2, 0.25) is 5.02 Å². The molecule has 1 amide bonds. The van der Waals surface area contributed by atoms with E-state index in [0.717, 1.165) is 10.2 Å². The summed E-state index contributed by atoms with van der Waals surface area (Å²) in [5, 5.41) is 9.40. The van der Waals surface area contributed by atoms with Gasteiger partial charge in [-0.15, -0.1) is 0 Å². The molecule has 3 heterocycles. The molecule has 6 nitrogen and oxygen atoms in total. The van der Waals surface area contributed by atoms with E-state index in [-0.39, 0.29) is 29.0 Å². The summed E-state index contributed by atoms with van der Waals surface area (Å²) in [4.78, 5) is 12.7. The summed E-state index contributed by atoms with van der Waals surface area (Å²) in [6.07, 6.45) is -3.54. The van der Waals surface area contributed by atoms with Crippen LogP contribution >= 0.6 is 11.6 Å². The summed E-state index contributed by atoms with van der Waals surface area (Å²) in [7, 11) is 0. The van der Waals surface area contributed by atoms with Crippen LogP contribution in [0.4, 0.5) is 19.0 Å². The van der Waals surface area contributed by atoms with E-state index in [4.69, 9.17) is 16.0 Å². The highest BCUT2D eigenvalue weighted by molar-refractivity contribution is 6.36. The lowest BCUT2D eigenvalue weighted by atomic mass is 10.0. The minimum absolute atomic E-state index is 0.0656. The molecular weight excluding hydrogens is 421 g/mol. The maximum Gasteiger partial charge on any atom is 0.410 e. The fourth-order valence-electron chi connectivity index (χ4n) is 3.50. The van der Waals surface area contributed by atoms with Gasteiger partial charge in [0.15, 0.2) is 11.7 Å². The van der Waals surface area contributed by atoms with Crippen LogP contribution < -0.4 is 10.6 Å². The Hall–Kier alpha value is -2.94. The molecule has 0 saturated heterocycles. The van der Waals surface area contributed by atoms with Gasteiger partial charge in [-0.1, -0.05) is 41.9 Å². The zero-order valence-corrected chi connectivity index (χ0v) is 16.5. The quantitative estimate of drug-likeness (QED) is 0.581. The second-order valence-electron chi connectivity index (χ2n) is 7.07. The van der Waals surface area contributed by atoms with Crippen LogP contribution in [-0.4, -0.2) is 21.9 Å². The van der Waals surface area contributed by atoms with Gasteiger partial charge < -0.3 is 15.1 Å². The number of halogens is 4. The third kappa shape index (κ3) is 3.77. The lowest BCUT2D eigenvalue weighted by Crippen LogP contribution is -2.35. The van der Waals surface area contributed by atoms with Crippen LogP contribution in [0.15, 0.2) is 53.1 Å². The van der Waals surface area contributed by atoms with Gasteiger partial charge in [-0.05, 0) is 24.6 Å². The van der Waals surface area contributed by atoms with Crippen LogP contribution in [0.25, 0.3) is 0 Å². The molecule has 0 aliphatic carbocycles. The number of carbonyl (C=O) groups excluding carboxylic acids is 1. The van der Waals surface area contributed by atoms with Crippen LogP contribution in [0, 0.1) is 0 Å². The smallest absolute Gasteiger partial charge is 0.410 e. The molecule has 2 aromatic heterocycles. The number of alkyl halides is 3. The second-order valence-corrected chi connectivity index (χ2v) is 7.45. The Morgan fingerprint density at radius 1 is 1.30 bits per heavy atom. The molecule has 0 unspecified atom stereocenters. The fraction of sp³-hybridized carbons (Fsp3) is 0.300. The highest BCUT2D eigenvalue weighted by Crippen LogP contribution is 2.46. The highest BCUT2D eigenvalue weighted by atomic mass is 35.5. The fourth-order valence-corrected chi connectivity index (χ4v) is 3.77. The maximum absolute atomic E-state index is 13.7. The first-order valence-electron chi connectivity index (χ1n) is 9.26. The maximum atomic E-state index is 13.7. The normalized spacial score (nSPS) is 19.6. The Labute approximate surface area is 175 Å². The largest absolute Gasteiger partial charge is 0.467 e. The van der Waals surface area contributed by atoms with E-state index in [2.05, 4.69) is 15.7 Å². The van der Waals surface area contributed by atoms with Crippen molar-refractivity contribution in [2.24, 2.45) is 0 Å². The molecule has 1 aliphatic heterocycles. The van der Waals surface area contributed by atoms with Crippen LogP contribution in [0.3, 0.4) is 0 Å². The molecule has 0 radical (unpaired) electrons. The number of benzene rings is 1. The first kappa shape index (κ1) is 20.3. The zero-order valence-electron chi connectivity index (χ0n) is 15.8. The summed E-state index contributed by atoms with van der Waals surface area (Å²) in [5.41, 5.74) is 0.575. The highest BCUT2D eigenvalue weighted by Gasteiger charge is 2.48. The van der Waals surface area contributed by atoms with Gasteiger partial charge in [0.05, 0.1) is 18.3 Å². The van der Waals surface area contributed by atoms with Crippen molar-refractivity contribution in [3.05, 3.63) is 70.8 Å². The SMILES string of the molecule is C[C@H](NC(=O)c1nn2c(c1Cl)N[C@@H](c1ccco1)C[C@H]2C(F)(F)F)c1ccccc1. The van der Waals surface area contributed by atoms with Crippen LogP contribution in [0.1, 0.15) is 53.3 Å². The first-order chi connectivity index (χ1) is 14.3. The van der Waals surface area contributed by atoms with E-state index >= 15 is 0 Å². The number of aromatic nitrogens is 2. The Bertz CT molecular complexity index is 1030. The standard InChI is InChI=1S/C20H18ClF3N4O2/c1-11(12-6-3-2-4-7-12)25-19(29)17-16(21)18-26-13(14-8-5-9-30-14)10-15(20(22,23)24)28(18)27-17/h2-9,11,13,15,26H,10H2,1H3,(H,25,29)/t11-,13+,15-/m0/s1. The number of amides is 1. The predicted molar refractivity (Wildman–Crippen MR) is 104 cm³/mol. The van der Waals surface area contributed by atoms with E-state index in [1.165, 1.54) is 6.26 Å². The topological polar surface area (TPSA) is 72.1 Å². The summed E-state index contributed by atoms with van der Waals surface area (Å²) in [5.74, 6) is -0.379. The Kier molecular flexibility index (Phi) is 5.23. The number of anilines is 1. The van der Waals surface area contributed by atoms with Gasteiger partial charge in [0.1, 0.15) is 16.6 Å². The van der Waals surface area contributed by atoms with Crippen molar-refractivity contribution in [2.45, 2.75) is 37.6 Å². The molecule has 0 bridgehead atoms. The minimum atomic E-state index is -4.58. The number of hydrogen-bond acceptors (Lipinski definition) is 4. The molecule has 0 saturated carbocycles. The van der Waals surface area contributed by atoms with Gasteiger partial charge in [-0.2, -0.15) is 18.3 Å². The average Bonchev–Trinajstić information content (AvgIpc) is 3.36. The average molecular weight is 439 g/mol. The number of furan rings is 1. The predicted octanol–water partition coefficient (Wildman–Crippen LogP) is 5.28. The van der Waals surface area contributed by atoms with Crippen LogP contribution in [-0.2, 0) is 0 Å². The molecule has 30 heavy (non-hydrogen) atoms. The van der Waals surface area contributed by atoms with Crippen molar-refractivity contribution in [2.75, 3.05) is 5.32 Å². The monoisotopic (exact) mass is 438 g/mol. The Balaban J connectivity index is 1.65. The summed E-state index contributed by atoms with van der Waals surface area (Å²) < 4.78 is 47.2. The van der Waals surface area contributed by atoms with E-state index < -0.39 is 24.2 Å². The number of hydrogen-bond donors (Lipinski definition) is 2. The molecule has 0 spiro atoms. The molecular formula is C20H18ClF3N4O2. The van der Waals surface area contributed by atoms with Crippen molar-refractivity contribution in [1.29, 1.82) is 0 Å². The molecule has 10 heteroatoms. The number of carbonyl (C=O) groups is 1. The van der Waals surface area contributed by atoms with E-state index in [9.17, 15) is 18.0 Å². The van der Waals surface area contributed by atoms with E-state index in [1.807, 2.05) is 30.3 Å². The molecule has 0 fully saturated rings. The first-order valence-corrected chi connectivity index (χ1v) is 9.64. The van der Waals surface area contributed by atoms with E-state index in [0.29, 0.717) is 5.76 Å². The number of nitrogens with zero attached hydrogens (tertiary/aromatic N) is 2. The van der Waals surface area contributed by atoms with E-state index in [1.54, 1.807) is 19.1 Å². The van der Waals surface area contributed by atoms with Gasteiger partial charge in [0, 0.05) is 6.42 Å². The zero-order chi connectivity index (χ0) is 21.5. The molecule has 1 aromatic carbocycles. The van der Waals surface area contributed by atoms with Crippen molar-refractivity contribution < 1.29 is 22.4 Å². The molecule has 3 aromatic rings. The lowest BCUT2D eigenvalue weighted by molar-refractivity contribution is -0.174. The van der Waals surface area contributed by atoms with Crippen molar-refractivity contribution in [3.8, 4) is 0 Å². The van der Waals surface area contributed by atoms with Crippen molar-refractivity contribution in [1.82, 2.24) is 15.1 Å². The third-order valence-electron chi connectivity index (χ3n) is 5.04. The molecule has 3 atom stereocenters. The van der Waals surface area contributed by atoms with Gasteiger partial charge in [-0.25, -0.2) is 4.68 Å². The number of nitrogens with one attached hydrogen (secondary N) is 2. The molecule has 158 valence electrons. The van der Waals surface area contributed by atoms with Gasteiger partial charge >= 0.3 is 6.18 Å². The summed E-state index contributed by atoms with van der Waals surface area (Å²) in [6, 6.07) is 9.26. The van der Waals surface area contributed by atoms with Gasteiger partial charge in [-0.3, -0.25) is 4.79 Å². The summed E-state index contributed by atoms with van der Waals surface area (Å²) >= 11 is 6.30. The molecule has 1 aliphatic rings. The summed E-state index contributed by atoms with van der Waals surface area (Å²) in [6.45, 7) is 1.76. The van der Waals surface area contributed by atoms with Gasteiger partial charge in [0.25, 0.3) is 5.91 Å². The number of rotatable bonds is 4. The lowest BCUT2D eigenvalue weighted by Gasteiger charge is -2.32. The molecule has 2 N–H and O–H groups in total. The molecule has 4 rings (SSSR count). The van der Waals surface area contributed by atoms with Crippen molar-refractivity contribution >= 4 is 23.3 Å². The van der Waals surface area contributed by atoms with Gasteiger partial charge in [0.2, 0.25) is 0 Å². The minimum Gasteiger partial charge on any atom is -0.467 e. The Morgan fingerprint density at radius 3 is 2.67 bits per heavy atom.